The van der Waals surface area contributed by atoms with Crippen LogP contribution in [0.15, 0.2) is 24.3 Å². The van der Waals surface area contributed by atoms with Crippen molar-refractivity contribution in [3.8, 4) is 0 Å². The second-order valence-corrected chi connectivity index (χ2v) is 14.4. The van der Waals surface area contributed by atoms with E-state index in [9.17, 15) is 83.4 Å². The summed E-state index contributed by atoms with van der Waals surface area (Å²) in [6.45, 7) is 2.15. The smallest absolute Gasteiger partial charge is 0.194 e. The molecule has 0 aliphatic heterocycles. The summed E-state index contributed by atoms with van der Waals surface area (Å²) in [7, 11) is 0. The quantitative estimate of drug-likeness (QED) is 0.115. The Kier molecular flexibility index (Phi) is 13.2. The molecule has 0 radical (unpaired) electrons. The Labute approximate surface area is 293 Å². The van der Waals surface area contributed by atoms with E-state index >= 15 is 0 Å². The molecule has 0 bridgehead atoms. The number of unbranched alkanes of at least 4 members (excludes halogenated alkanes) is 2. The molecule has 2 aliphatic rings. The Hall–Kier alpha value is -2.11. The first-order valence-electron chi connectivity index (χ1n) is 17.1. The molecule has 0 atom stereocenters. The number of halogens is 19. The second-order valence-electron chi connectivity index (χ2n) is 14.4. The van der Waals surface area contributed by atoms with Crippen LogP contribution < -0.4 is 0 Å². The summed E-state index contributed by atoms with van der Waals surface area (Å²) in [5, 5.41) is 0. The van der Waals surface area contributed by atoms with Crippen LogP contribution in [0.4, 0.5) is 83.4 Å². The van der Waals surface area contributed by atoms with Gasteiger partial charge in [0.05, 0.1) is 0 Å². The average Bonchev–Trinajstić information content (AvgIpc) is 3.07. The SMILES string of the molecule is CCCCC[C@H]1CC[C@H](C2CCC(CCc3ccc(C(F)(F)C(F)(F)C(F)(F)C(F)(F)C(F)(F)C(F)(F)C(F)(F)C(F)(F)C(F)(F)F)cc3)CC2)CC1. The highest BCUT2D eigenvalue weighted by molar-refractivity contribution is 5.30. The fourth-order valence-corrected chi connectivity index (χ4v) is 7.37. The average molecular weight is 809 g/mol. The summed E-state index contributed by atoms with van der Waals surface area (Å²) >= 11 is 0. The van der Waals surface area contributed by atoms with Gasteiger partial charge in [-0.1, -0.05) is 82.6 Å². The first kappa shape index (κ1) is 45.3. The summed E-state index contributed by atoms with van der Waals surface area (Å²) in [4.78, 5) is 0. The van der Waals surface area contributed by atoms with E-state index in [0.717, 1.165) is 50.9 Å². The second kappa shape index (κ2) is 15.4. The highest BCUT2D eigenvalue weighted by Crippen LogP contribution is 2.66. The Bertz CT molecular complexity index is 1320. The van der Waals surface area contributed by atoms with E-state index in [0.29, 0.717) is 30.4 Å². The molecule has 53 heavy (non-hydrogen) atoms. The van der Waals surface area contributed by atoms with E-state index in [1.807, 2.05) is 0 Å². The lowest BCUT2D eigenvalue weighted by Gasteiger charge is -2.43. The molecule has 308 valence electrons. The van der Waals surface area contributed by atoms with Gasteiger partial charge in [-0.3, -0.25) is 0 Å². The van der Waals surface area contributed by atoms with Crippen LogP contribution >= 0.6 is 0 Å². The van der Waals surface area contributed by atoms with E-state index in [4.69, 9.17) is 0 Å². The van der Waals surface area contributed by atoms with Gasteiger partial charge in [0.15, 0.2) is 0 Å². The molecule has 0 amide bonds. The van der Waals surface area contributed by atoms with Crippen LogP contribution in [0.3, 0.4) is 0 Å². The van der Waals surface area contributed by atoms with Crippen molar-refractivity contribution in [2.24, 2.45) is 23.7 Å². The van der Waals surface area contributed by atoms with Gasteiger partial charge in [-0.15, -0.1) is 0 Å². The molecule has 19 heteroatoms. The zero-order valence-corrected chi connectivity index (χ0v) is 28.2. The van der Waals surface area contributed by atoms with Gasteiger partial charge in [0, 0.05) is 5.56 Å². The number of alkyl halides is 19. The lowest BCUT2D eigenvalue weighted by Crippen LogP contribution is -2.75. The van der Waals surface area contributed by atoms with Crippen LogP contribution in [-0.2, 0) is 12.3 Å². The lowest BCUT2D eigenvalue weighted by atomic mass is 9.68. The molecular weight excluding hydrogens is 769 g/mol. The fourth-order valence-electron chi connectivity index (χ4n) is 7.37. The van der Waals surface area contributed by atoms with Crippen LogP contribution in [0.2, 0.25) is 0 Å². The number of benzene rings is 1. The van der Waals surface area contributed by atoms with Gasteiger partial charge < -0.3 is 0 Å². The molecule has 0 aromatic heterocycles. The molecule has 2 aliphatic carbocycles. The van der Waals surface area contributed by atoms with Crippen LogP contribution in [0.5, 0.6) is 0 Å². The van der Waals surface area contributed by atoms with Gasteiger partial charge in [0.25, 0.3) is 0 Å². The maximum Gasteiger partial charge on any atom is 0.460 e. The Balaban J connectivity index is 1.68. The van der Waals surface area contributed by atoms with Crippen LogP contribution in [0.25, 0.3) is 0 Å². The third-order valence-corrected chi connectivity index (χ3v) is 10.9. The highest BCUT2D eigenvalue weighted by Gasteiger charge is 2.96. The fraction of sp³-hybridized carbons (Fsp3) is 0.824. The topological polar surface area (TPSA) is 0 Å². The van der Waals surface area contributed by atoms with Crippen molar-refractivity contribution >= 4 is 0 Å². The molecule has 0 N–H and O–H groups in total. The van der Waals surface area contributed by atoms with E-state index < -0.39 is 59.1 Å². The van der Waals surface area contributed by atoms with Crippen molar-refractivity contribution < 1.29 is 83.4 Å². The standard InChI is InChI=1S/C34H39F19/c1-2-3-4-5-20-8-14-23(15-9-20)24-16-10-21(11-17-24)6-7-22-12-18-25(19-13-22)26(35,36)27(37,38)28(39,40)29(41,42)30(43,44)31(45,46)32(47,48)33(49,50)34(51,52)53/h12-13,18-21,23-24H,2-11,14-17H2,1H3/t20-,21?,23-,24?. The third-order valence-electron chi connectivity index (χ3n) is 10.9. The molecular formula is C34H39F19. The minimum atomic E-state index is -8.92. The van der Waals surface area contributed by atoms with Gasteiger partial charge >= 0.3 is 53.6 Å². The van der Waals surface area contributed by atoms with Crippen molar-refractivity contribution in [1.29, 1.82) is 0 Å². The molecule has 1 aromatic carbocycles. The summed E-state index contributed by atoms with van der Waals surface area (Å²) in [6, 6.07) is 1.39. The molecule has 0 spiro atoms. The van der Waals surface area contributed by atoms with Gasteiger partial charge in [0.2, 0.25) is 0 Å². The summed E-state index contributed by atoms with van der Waals surface area (Å²) in [5.74, 6) is -64.5. The van der Waals surface area contributed by atoms with Crippen molar-refractivity contribution in [2.45, 2.75) is 150 Å². The molecule has 0 heterocycles. The van der Waals surface area contributed by atoms with Crippen LogP contribution in [-0.4, -0.2) is 47.6 Å². The largest absolute Gasteiger partial charge is 0.460 e. The maximum absolute atomic E-state index is 14.7. The van der Waals surface area contributed by atoms with Gasteiger partial charge in [-0.25, -0.2) is 0 Å². The molecule has 3 rings (SSSR count). The predicted octanol–water partition coefficient (Wildman–Crippen LogP) is 13.9. The van der Waals surface area contributed by atoms with E-state index in [-0.39, 0.29) is 30.0 Å². The lowest BCUT2D eigenvalue weighted by molar-refractivity contribution is -0.469. The van der Waals surface area contributed by atoms with Crippen molar-refractivity contribution in [3.05, 3.63) is 35.4 Å². The van der Waals surface area contributed by atoms with Gasteiger partial charge in [-0.2, -0.15) is 83.4 Å². The van der Waals surface area contributed by atoms with E-state index in [1.54, 1.807) is 0 Å². The zero-order chi connectivity index (χ0) is 40.7. The first-order chi connectivity index (χ1) is 24.0. The number of aryl methyl sites for hydroxylation is 1. The van der Waals surface area contributed by atoms with Gasteiger partial charge in [0.1, 0.15) is 0 Å². The molecule has 0 unspecified atom stereocenters. The molecule has 1 aromatic rings. The normalized spacial score (nSPS) is 23.7. The number of hydrogen-bond acceptors (Lipinski definition) is 0. The number of rotatable bonds is 16. The molecule has 0 nitrogen and oxygen atoms in total. The van der Waals surface area contributed by atoms with Crippen molar-refractivity contribution in [2.75, 3.05) is 0 Å². The summed E-state index contributed by atoms with van der Waals surface area (Å²) in [6.07, 6.45) is 5.91. The van der Waals surface area contributed by atoms with E-state index in [1.165, 1.54) is 32.1 Å². The molecule has 2 saturated carbocycles. The van der Waals surface area contributed by atoms with Crippen molar-refractivity contribution in [3.63, 3.8) is 0 Å². The minimum absolute atomic E-state index is 0.0117. The third kappa shape index (κ3) is 7.96. The van der Waals surface area contributed by atoms with E-state index in [2.05, 4.69) is 6.92 Å². The van der Waals surface area contributed by atoms with Crippen LogP contribution in [0, 0.1) is 23.7 Å². The Morgan fingerprint density at radius 2 is 0.792 bits per heavy atom. The summed E-state index contributed by atoms with van der Waals surface area (Å²) < 4.78 is 260. The Morgan fingerprint density at radius 3 is 1.17 bits per heavy atom. The maximum atomic E-state index is 14.7. The molecule has 2 fully saturated rings. The van der Waals surface area contributed by atoms with Crippen LogP contribution in [0.1, 0.15) is 102 Å². The predicted molar refractivity (Wildman–Crippen MR) is 154 cm³/mol. The highest BCUT2D eigenvalue weighted by atomic mass is 19.4. The molecule has 0 saturated heterocycles. The summed E-state index contributed by atoms with van der Waals surface area (Å²) in [5.41, 5.74) is -2.10. The van der Waals surface area contributed by atoms with Gasteiger partial charge in [-0.05, 0) is 67.8 Å². The Morgan fingerprint density at radius 1 is 0.434 bits per heavy atom. The first-order valence-corrected chi connectivity index (χ1v) is 17.1. The number of hydrogen-bond donors (Lipinski definition) is 0. The van der Waals surface area contributed by atoms with Crippen molar-refractivity contribution in [1.82, 2.24) is 0 Å². The monoisotopic (exact) mass is 808 g/mol. The minimum Gasteiger partial charge on any atom is -0.194 e. The zero-order valence-electron chi connectivity index (χ0n) is 28.2.